The zero-order valence-electron chi connectivity index (χ0n) is 24.8. The molecule has 15 heteroatoms. The highest BCUT2D eigenvalue weighted by molar-refractivity contribution is 8.00. The van der Waals surface area contributed by atoms with Crippen LogP contribution in [-0.4, -0.2) is 66.8 Å². The molecular formula is C27H32F2N6O6S. The number of ketones is 1. The Morgan fingerprint density at radius 3 is 2.21 bits per heavy atom. The molecular weight excluding hydrogens is 574 g/mol. The predicted molar refractivity (Wildman–Crippen MR) is 149 cm³/mol. The standard InChI is InChI=1S/C27H32F2N6O6S/c1-13-10-30-15(14(2)18(13)39-9)11-34-20-17-19(33-34)27(28,29)16(36)12-42-21(17)32-22(31-20)35(23(37)40-25(3,4)5)24(38)41-26(6,7)8/h10H,11-12H2,1-9H3. The van der Waals surface area contributed by atoms with Crippen LogP contribution in [0.1, 0.15) is 64.1 Å². The van der Waals surface area contributed by atoms with E-state index in [-0.39, 0.29) is 22.6 Å². The van der Waals surface area contributed by atoms with Gasteiger partial charge in [-0.05, 0) is 55.4 Å². The van der Waals surface area contributed by atoms with Crippen LogP contribution >= 0.6 is 11.8 Å². The minimum atomic E-state index is -3.93. The van der Waals surface area contributed by atoms with Crippen molar-refractivity contribution in [1.29, 1.82) is 0 Å². The van der Waals surface area contributed by atoms with Crippen LogP contribution in [0.25, 0.3) is 11.0 Å². The number of carbonyl (C=O) groups is 3. The minimum absolute atomic E-state index is 0.0648. The number of aromatic nitrogens is 5. The lowest BCUT2D eigenvalue weighted by molar-refractivity contribution is -0.141. The first kappa shape index (κ1) is 31.1. The molecule has 0 saturated carbocycles. The van der Waals surface area contributed by atoms with Gasteiger partial charge in [0.15, 0.2) is 11.3 Å². The van der Waals surface area contributed by atoms with Gasteiger partial charge in [0.25, 0.3) is 0 Å². The second kappa shape index (κ2) is 10.7. The molecule has 0 N–H and O–H groups in total. The molecule has 0 atom stereocenters. The number of aryl methyl sites for hydroxylation is 1. The van der Waals surface area contributed by atoms with Gasteiger partial charge in [-0.25, -0.2) is 19.3 Å². The second-order valence-corrected chi connectivity index (χ2v) is 12.6. The summed E-state index contributed by atoms with van der Waals surface area (Å²) in [6.45, 7) is 13.0. The highest BCUT2D eigenvalue weighted by Gasteiger charge is 2.48. The highest BCUT2D eigenvalue weighted by atomic mass is 32.2. The van der Waals surface area contributed by atoms with Gasteiger partial charge >= 0.3 is 18.1 Å². The molecule has 0 spiro atoms. The van der Waals surface area contributed by atoms with Crippen LogP contribution in [0, 0.1) is 13.8 Å². The summed E-state index contributed by atoms with van der Waals surface area (Å²) in [6, 6.07) is 0. The molecule has 1 aliphatic heterocycles. The topological polar surface area (TPSA) is 139 Å². The summed E-state index contributed by atoms with van der Waals surface area (Å²) >= 11 is 0.724. The lowest BCUT2D eigenvalue weighted by atomic mass is 10.1. The molecule has 0 bridgehead atoms. The van der Waals surface area contributed by atoms with Crippen LogP contribution in [0.4, 0.5) is 24.3 Å². The molecule has 4 rings (SSSR count). The average Bonchev–Trinajstić information content (AvgIpc) is 3.17. The van der Waals surface area contributed by atoms with Gasteiger partial charge in [-0.15, -0.1) is 4.90 Å². The van der Waals surface area contributed by atoms with Crippen LogP contribution in [0.2, 0.25) is 0 Å². The average molecular weight is 607 g/mol. The molecule has 0 aliphatic carbocycles. The van der Waals surface area contributed by atoms with Gasteiger partial charge in [-0.1, -0.05) is 11.8 Å². The van der Waals surface area contributed by atoms with Gasteiger partial charge in [-0.3, -0.25) is 9.78 Å². The number of anilines is 1. The number of nitrogens with zero attached hydrogens (tertiary/aromatic N) is 6. The third kappa shape index (κ3) is 6.01. The van der Waals surface area contributed by atoms with E-state index in [1.165, 1.54) is 7.11 Å². The maximum Gasteiger partial charge on any atom is 0.427 e. The smallest absolute Gasteiger partial charge is 0.427 e. The van der Waals surface area contributed by atoms with Crippen molar-refractivity contribution < 1.29 is 37.4 Å². The number of imide groups is 1. The van der Waals surface area contributed by atoms with Crippen molar-refractivity contribution in [1.82, 2.24) is 24.7 Å². The second-order valence-electron chi connectivity index (χ2n) is 11.7. The highest BCUT2D eigenvalue weighted by Crippen LogP contribution is 2.42. The summed E-state index contributed by atoms with van der Waals surface area (Å²) in [4.78, 5) is 52.6. The summed E-state index contributed by atoms with van der Waals surface area (Å²) in [5.74, 6) is -5.86. The number of hydrogen-bond acceptors (Lipinski definition) is 11. The SMILES string of the molecule is COc1c(C)cnc(Cn2nc3c4c(nc(N(C(=O)OC(C)(C)C)C(=O)OC(C)(C)C)nc42)SCC(=O)C3(F)F)c1C. The number of pyridine rings is 1. The van der Waals surface area contributed by atoms with Crippen molar-refractivity contribution in [3.8, 4) is 5.75 Å². The van der Waals surface area contributed by atoms with Gasteiger partial charge in [0.2, 0.25) is 11.7 Å². The molecule has 226 valence electrons. The normalized spacial score (nSPS) is 14.9. The van der Waals surface area contributed by atoms with Gasteiger partial charge in [0, 0.05) is 17.3 Å². The fraction of sp³-hybridized carbons (Fsp3) is 0.519. The zero-order valence-corrected chi connectivity index (χ0v) is 25.6. The first-order valence-electron chi connectivity index (χ1n) is 12.9. The lowest BCUT2D eigenvalue weighted by Gasteiger charge is -2.27. The molecule has 3 aromatic heterocycles. The number of halogens is 2. The van der Waals surface area contributed by atoms with Gasteiger partial charge in [0.1, 0.15) is 22.0 Å². The van der Waals surface area contributed by atoms with Gasteiger partial charge < -0.3 is 14.2 Å². The van der Waals surface area contributed by atoms with Crippen LogP contribution in [0.3, 0.4) is 0 Å². The van der Waals surface area contributed by atoms with E-state index in [1.54, 1.807) is 54.7 Å². The number of alkyl halides is 2. The van der Waals surface area contributed by atoms with Gasteiger partial charge in [0.05, 0.1) is 30.5 Å². The third-order valence-electron chi connectivity index (χ3n) is 5.94. The van der Waals surface area contributed by atoms with E-state index in [9.17, 15) is 14.4 Å². The Hall–Kier alpha value is -3.88. The first-order chi connectivity index (χ1) is 19.3. The Morgan fingerprint density at radius 1 is 1.07 bits per heavy atom. The van der Waals surface area contributed by atoms with Crippen molar-refractivity contribution in [2.75, 3.05) is 17.8 Å². The Bertz CT molecular complexity index is 1570. The maximum atomic E-state index is 15.3. The minimum Gasteiger partial charge on any atom is -0.496 e. The van der Waals surface area contributed by atoms with Crippen molar-refractivity contribution >= 4 is 46.7 Å². The van der Waals surface area contributed by atoms with Crippen LogP contribution in [-0.2, 0) is 26.7 Å². The Kier molecular flexibility index (Phi) is 7.95. The quantitative estimate of drug-likeness (QED) is 0.356. The Morgan fingerprint density at radius 2 is 1.67 bits per heavy atom. The zero-order chi connectivity index (χ0) is 31.4. The van der Waals surface area contributed by atoms with Crippen LogP contribution in [0.5, 0.6) is 5.75 Å². The molecule has 42 heavy (non-hydrogen) atoms. The molecule has 12 nitrogen and oxygen atoms in total. The molecule has 1 aliphatic rings. The Balaban J connectivity index is 1.97. The van der Waals surface area contributed by atoms with E-state index in [2.05, 4.69) is 20.1 Å². The number of methoxy groups -OCH3 is 1. The van der Waals surface area contributed by atoms with Crippen molar-refractivity contribution in [2.45, 2.75) is 84.1 Å². The molecule has 3 aromatic rings. The van der Waals surface area contributed by atoms with Crippen molar-refractivity contribution in [2.24, 2.45) is 0 Å². The van der Waals surface area contributed by atoms with Crippen molar-refractivity contribution in [3.63, 3.8) is 0 Å². The molecule has 0 saturated heterocycles. The molecule has 2 amide bonds. The van der Waals surface area contributed by atoms with Gasteiger partial charge in [-0.2, -0.15) is 18.9 Å². The molecule has 0 aromatic carbocycles. The summed E-state index contributed by atoms with van der Waals surface area (Å²) in [5.41, 5.74) is -1.16. The van der Waals surface area contributed by atoms with Crippen LogP contribution in [0.15, 0.2) is 11.2 Å². The van der Waals surface area contributed by atoms with Crippen molar-refractivity contribution in [3.05, 3.63) is 28.7 Å². The summed E-state index contributed by atoms with van der Waals surface area (Å²) in [5, 5.41) is 3.86. The molecule has 4 heterocycles. The number of Topliss-reactive ketones (excluding diaryl/α,β-unsaturated/α-hetero) is 1. The first-order valence-corrected chi connectivity index (χ1v) is 13.9. The fourth-order valence-electron chi connectivity index (χ4n) is 4.15. The van der Waals surface area contributed by atoms with E-state index in [0.717, 1.165) is 22.0 Å². The van der Waals surface area contributed by atoms with Crippen LogP contribution < -0.4 is 9.64 Å². The Labute approximate surface area is 245 Å². The maximum absolute atomic E-state index is 15.3. The monoisotopic (exact) mass is 606 g/mol. The molecule has 0 unspecified atom stereocenters. The number of rotatable bonds is 4. The predicted octanol–water partition coefficient (Wildman–Crippen LogP) is 5.34. The largest absolute Gasteiger partial charge is 0.496 e. The number of hydrogen-bond donors (Lipinski definition) is 0. The van der Waals surface area contributed by atoms with E-state index in [1.807, 2.05) is 6.92 Å². The molecule has 0 fully saturated rings. The van der Waals surface area contributed by atoms with E-state index < -0.39 is 52.5 Å². The third-order valence-corrected chi connectivity index (χ3v) is 6.91. The number of ether oxygens (including phenoxy) is 3. The number of thioether (sulfide) groups is 1. The molecule has 0 radical (unpaired) electrons. The summed E-state index contributed by atoms with van der Waals surface area (Å²) < 4.78 is 48.1. The summed E-state index contributed by atoms with van der Waals surface area (Å²) in [7, 11) is 1.50. The fourth-order valence-corrected chi connectivity index (χ4v) is 5.07. The number of carbonyl (C=O) groups excluding carboxylic acids is 3. The van der Waals surface area contributed by atoms with E-state index >= 15 is 8.78 Å². The number of amides is 2. The van der Waals surface area contributed by atoms with E-state index in [4.69, 9.17) is 14.2 Å². The van der Waals surface area contributed by atoms with E-state index in [0.29, 0.717) is 21.9 Å². The lowest BCUT2D eigenvalue weighted by Crippen LogP contribution is -2.44. The summed E-state index contributed by atoms with van der Waals surface area (Å²) in [6.07, 6.45) is -0.713.